The summed E-state index contributed by atoms with van der Waals surface area (Å²) in [6.45, 7) is 4.36. The molecule has 128 valence electrons. The number of aryl methyl sites for hydroxylation is 2. The van der Waals surface area contributed by atoms with Crippen LogP contribution in [0.2, 0.25) is 0 Å². The monoisotopic (exact) mass is 345 g/mol. The molecule has 1 aromatic carbocycles. The highest BCUT2D eigenvalue weighted by Gasteiger charge is 2.21. The van der Waals surface area contributed by atoms with Crippen LogP contribution in [0.1, 0.15) is 23.2 Å². The van der Waals surface area contributed by atoms with Crippen LogP contribution < -0.4 is 5.32 Å². The molecular formula is C18H23N3O2S. The maximum absolute atomic E-state index is 12.2. The second-order valence-corrected chi connectivity index (χ2v) is 6.95. The molecule has 5 nitrogen and oxygen atoms in total. The van der Waals surface area contributed by atoms with Gasteiger partial charge >= 0.3 is 6.03 Å². The van der Waals surface area contributed by atoms with E-state index in [9.17, 15) is 4.79 Å². The number of carbonyl (C=O) groups excluding carboxylic acids is 1. The Hall–Kier alpha value is -1.92. The number of nitrogens with zero attached hydrogens (tertiary/aromatic N) is 2. The van der Waals surface area contributed by atoms with Gasteiger partial charge in [-0.3, -0.25) is 0 Å². The topological polar surface area (TPSA) is 54.5 Å². The second-order valence-electron chi connectivity index (χ2n) is 6.00. The Labute approximate surface area is 146 Å². The first-order chi connectivity index (χ1) is 11.7. The number of thiazole rings is 1. The van der Waals surface area contributed by atoms with E-state index in [0.717, 1.165) is 23.5 Å². The van der Waals surface area contributed by atoms with Crippen molar-refractivity contribution in [3.63, 3.8) is 0 Å². The van der Waals surface area contributed by atoms with Gasteiger partial charge in [0.25, 0.3) is 0 Å². The Morgan fingerprint density at radius 3 is 3.00 bits per heavy atom. The number of urea groups is 1. The highest BCUT2D eigenvalue weighted by Crippen LogP contribution is 2.13. The summed E-state index contributed by atoms with van der Waals surface area (Å²) in [5.41, 5.74) is 2.25. The van der Waals surface area contributed by atoms with Crippen LogP contribution in [-0.4, -0.2) is 41.7 Å². The number of hydrogen-bond donors (Lipinski definition) is 1. The van der Waals surface area contributed by atoms with Gasteiger partial charge in [-0.25, -0.2) is 9.78 Å². The zero-order valence-electron chi connectivity index (χ0n) is 13.9. The summed E-state index contributed by atoms with van der Waals surface area (Å²) in [5, 5.41) is 6.10. The van der Waals surface area contributed by atoms with Crippen LogP contribution in [0.4, 0.5) is 4.79 Å². The number of benzene rings is 1. The molecule has 1 N–H and O–H groups in total. The molecule has 0 spiro atoms. The van der Waals surface area contributed by atoms with Crippen LogP contribution in [0.5, 0.6) is 0 Å². The van der Waals surface area contributed by atoms with E-state index in [4.69, 9.17) is 4.74 Å². The molecule has 1 aromatic heterocycles. The summed E-state index contributed by atoms with van der Waals surface area (Å²) < 4.78 is 5.46. The van der Waals surface area contributed by atoms with E-state index in [-0.39, 0.29) is 12.1 Å². The van der Waals surface area contributed by atoms with Gasteiger partial charge < -0.3 is 15.0 Å². The fourth-order valence-electron chi connectivity index (χ4n) is 2.72. The number of nitrogens with one attached hydrogen (secondary N) is 1. The fourth-order valence-corrected chi connectivity index (χ4v) is 3.52. The molecule has 1 saturated heterocycles. The van der Waals surface area contributed by atoms with Crippen LogP contribution in [0.3, 0.4) is 0 Å². The summed E-state index contributed by atoms with van der Waals surface area (Å²) in [7, 11) is 0. The summed E-state index contributed by atoms with van der Waals surface area (Å²) in [6.07, 6.45) is 2.03. The second kappa shape index (κ2) is 8.26. The third-order valence-electron chi connectivity index (χ3n) is 4.02. The Balaban J connectivity index is 1.45. The number of morpholine rings is 1. The van der Waals surface area contributed by atoms with Crippen molar-refractivity contribution in [2.45, 2.75) is 32.4 Å². The highest BCUT2D eigenvalue weighted by molar-refractivity contribution is 7.09. The maximum atomic E-state index is 12.2. The van der Waals surface area contributed by atoms with Crippen LogP contribution >= 0.6 is 11.3 Å². The molecular weight excluding hydrogens is 322 g/mol. The number of rotatable bonds is 5. The van der Waals surface area contributed by atoms with Crippen molar-refractivity contribution in [3.05, 3.63) is 52.0 Å². The van der Waals surface area contributed by atoms with Crippen LogP contribution in [0, 0.1) is 0 Å². The first-order valence-electron chi connectivity index (χ1n) is 8.32. The number of carbonyl (C=O) groups is 1. The van der Waals surface area contributed by atoms with Crippen LogP contribution in [0.15, 0.2) is 35.7 Å². The first-order valence-corrected chi connectivity index (χ1v) is 9.20. The highest BCUT2D eigenvalue weighted by atomic mass is 32.1. The summed E-state index contributed by atoms with van der Waals surface area (Å²) >= 11 is 1.66. The van der Waals surface area contributed by atoms with Crippen molar-refractivity contribution in [2.75, 3.05) is 19.7 Å². The number of hydrogen-bond acceptors (Lipinski definition) is 4. The minimum absolute atomic E-state index is 0.0380. The Bertz CT molecular complexity index is 659. The molecule has 0 unspecified atom stereocenters. The van der Waals surface area contributed by atoms with Crippen molar-refractivity contribution in [1.82, 2.24) is 15.2 Å². The van der Waals surface area contributed by atoms with Crippen molar-refractivity contribution in [3.8, 4) is 0 Å². The normalized spacial score (nSPS) is 17.7. The van der Waals surface area contributed by atoms with E-state index in [2.05, 4.69) is 34.6 Å². The van der Waals surface area contributed by atoms with Crippen molar-refractivity contribution in [1.29, 1.82) is 0 Å². The van der Waals surface area contributed by atoms with Crippen LogP contribution in [0.25, 0.3) is 0 Å². The Morgan fingerprint density at radius 2 is 2.21 bits per heavy atom. The van der Waals surface area contributed by atoms with Gasteiger partial charge in [0.1, 0.15) is 0 Å². The lowest BCUT2D eigenvalue weighted by molar-refractivity contribution is -0.00352. The molecule has 3 rings (SSSR count). The van der Waals surface area contributed by atoms with Gasteiger partial charge in [-0.1, -0.05) is 30.3 Å². The van der Waals surface area contributed by atoms with Gasteiger partial charge in [0.05, 0.1) is 30.0 Å². The first kappa shape index (κ1) is 16.9. The standard InChI is InChI=1S/C18H23N3O2S/c1-14-12-21(9-10-23-14)18(22)19-11-16-13-24-17(20-16)8-7-15-5-3-2-4-6-15/h2-6,13-14H,7-12H2,1H3,(H,19,22)/t14-/m0/s1. The quantitative estimate of drug-likeness (QED) is 0.906. The molecule has 2 aromatic rings. The minimum atomic E-state index is -0.0380. The minimum Gasteiger partial charge on any atom is -0.375 e. The molecule has 0 radical (unpaired) electrons. The molecule has 24 heavy (non-hydrogen) atoms. The van der Waals surface area contributed by atoms with Gasteiger partial charge in [-0.15, -0.1) is 11.3 Å². The molecule has 0 bridgehead atoms. The van der Waals surface area contributed by atoms with Gasteiger partial charge in [0.15, 0.2) is 0 Å². The number of amides is 2. The summed E-state index contributed by atoms with van der Waals surface area (Å²) in [6, 6.07) is 10.4. The van der Waals surface area contributed by atoms with E-state index < -0.39 is 0 Å². The fraction of sp³-hybridized carbons (Fsp3) is 0.444. The van der Waals surface area contributed by atoms with Gasteiger partial charge in [0.2, 0.25) is 0 Å². The van der Waals surface area contributed by atoms with Gasteiger partial charge in [-0.05, 0) is 18.9 Å². The third-order valence-corrected chi connectivity index (χ3v) is 4.98. The summed E-state index contributed by atoms with van der Waals surface area (Å²) in [4.78, 5) is 18.6. The molecule has 1 aliphatic heterocycles. The van der Waals surface area contributed by atoms with Crippen molar-refractivity contribution in [2.24, 2.45) is 0 Å². The number of aromatic nitrogens is 1. The van der Waals surface area contributed by atoms with E-state index >= 15 is 0 Å². The molecule has 1 aliphatic rings. The molecule has 0 saturated carbocycles. The lowest BCUT2D eigenvalue weighted by Gasteiger charge is -2.31. The average molecular weight is 345 g/mol. The van der Waals surface area contributed by atoms with E-state index in [1.54, 1.807) is 16.2 Å². The zero-order valence-corrected chi connectivity index (χ0v) is 14.7. The van der Waals surface area contributed by atoms with E-state index in [0.29, 0.717) is 26.2 Å². The largest absolute Gasteiger partial charge is 0.375 e. The third kappa shape index (κ3) is 4.79. The van der Waals surface area contributed by atoms with Crippen molar-refractivity contribution < 1.29 is 9.53 Å². The van der Waals surface area contributed by atoms with E-state index in [1.807, 2.05) is 18.4 Å². The predicted octanol–water partition coefficient (Wildman–Crippen LogP) is 2.86. The molecule has 0 aliphatic carbocycles. The maximum Gasteiger partial charge on any atom is 0.317 e. The number of ether oxygens (including phenoxy) is 1. The zero-order chi connectivity index (χ0) is 16.8. The van der Waals surface area contributed by atoms with Gasteiger partial charge in [0, 0.05) is 24.9 Å². The Kier molecular flexibility index (Phi) is 5.82. The smallest absolute Gasteiger partial charge is 0.317 e. The van der Waals surface area contributed by atoms with E-state index in [1.165, 1.54) is 5.56 Å². The van der Waals surface area contributed by atoms with Crippen molar-refractivity contribution >= 4 is 17.4 Å². The predicted molar refractivity (Wildman–Crippen MR) is 95.2 cm³/mol. The molecule has 6 heteroatoms. The average Bonchev–Trinajstić information content (AvgIpc) is 3.07. The summed E-state index contributed by atoms with van der Waals surface area (Å²) in [5.74, 6) is 0. The Morgan fingerprint density at radius 1 is 1.38 bits per heavy atom. The molecule has 1 atom stereocenters. The lowest BCUT2D eigenvalue weighted by Crippen LogP contribution is -2.48. The van der Waals surface area contributed by atoms with Gasteiger partial charge in [-0.2, -0.15) is 0 Å². The van der Waals surface area contributed by atoms with Crippen LogP contribution in [-0.2, 0) is 24.1 Å². The molecule has 2 heterocycles. The molecule has 1 fully saturated rings. The lowest BCUT2D eigenvalue weighted by atomic mass is 10.1. The molecule has 2 amide bonds. The SMILES string of the molecule is C[C@H]1CN(C(=O)NCc2csc(CCc3ccccc3)n2)CCO1.